The average molecular weight is 476 g/mol. The number of imidazole rings is 1. The monoisotopic (exact) mass is 475 g/mol. The van der Waals surface area contributed by atoms with Gasteiger partial charge in [-0.3, -0.25) is 4.79 Å². The van der Waals surface area contributed by atoms with Crippen LogP contribution in [0.15, 0.2) is 48.5 Å². The number of anilines is 1. The number of amides is 1. The summed E-state index contributed by atoms with van der Waals surface area (Å²) in [7, 11) is 0. The van der Waals surface area contributed by atoms with Crippen molar-refractivity contribution in [3.63, 3.8) is 0 Å². The number of carbonyl (C=O) groups excluding carboxylic acids is 1. The Bertz CT molecular complexity index is 1380. The summed E-state index contributed by atoms with van der Waals surface area (Å²) in [6, 6.07) is 15.8. The Morgan fingerprint density at radius 1 is 1.03 bits per heavy atom. The second-order valence-corrected chi connectivity index (χ2v) is 8.71. The van der Waals surface area contributed by atoms with E-state index in [-0.39, 0.29) is 5.91 Å². The van der Waals surface area contributed by atoms with Crippen molar-refractivity contribution in [1.29, 1.82) is 0 Å². The Balaban J connectivity index is 1.26. The highest BCUT2D eigenvalue weighted by atomic mass is 35.5. The van der Waals surface area contributed by atoms with E-state index in [1.54, 1.807) is 12.1 Å². The number of ether oxygens (including phenoxy) is 2. The number of fused-ring (bicyclic) bond motifs is 2. The first-order chi connectivity index (χ1) is 16.6. The maximum absolute atomic E-state index is 12.0. The molecule has 8 nitrogen and oxygen atoms in total. The maximum atomic E-state index is 12.0. The van der Waals surface area contributed by atoms with Crippen LogP contribution in [0.4, 0.5) is 5.69 Å². The van der Waals surface area contributed by atoms with Crippen LogP contribution in [0, 0.1) is 0 Å². The minimum atomic E-state index is -0.0547. The molecule has 172 valence electrons. The zero-order valence-corrected chi connectivity index (χ0v) is 19.1. The van der Waals surface area contributed by atoms with Gasteiger partial charge < -0.3 is 24.7 Å². The van der Waals surface area contributed by atoms with E-state index >= 15 is 0 Å². The molecule has 0 bridgehead atoms. The number of rotatable bonds is 4. The predicted octanol–water partition coefficient (Wildman–Crippen LogP) is 4.19. The third kappa shape index (κ3) is 3.95. The number of hydrogen-bond donors (Lipinski definition) is 2. The van der Waals surface area contributed by atoms with Crippen molar-refractivity contribution in [2.75, 3.05) is 37.7 Å². The predicted molar refractivity (Wildman–Crippen MR) is 130 cm³/mol. The molecule has 34 heavy (non-hydrogen) atoms. The molecule has 0 unspecified atom stereocenters. The lowest BCUT2D eigenvalue weighted by molar-refractivity contribution is 0.0946. The number of morpholine rings is 1. The quantitative estimate of drug-likeness (QED) is 0.459. The van der Waals surface area contributed by atoms with Crippen LogP contribution in [-0.4, -0.2) is 53.7 Å². The van der Waals surface area contributed by atoms with Crippen LogP contribution in [0.3, 0.4) is 0 Å². The van der Waals surface area contributed by atoms with Crippen LogP contribution in [0.25, 0.3) is 22.4 Å². The van der Waals surface area contributed by atoms with Crippen LogP contribution in [0.2, 0.25) is 5.02 Å². The summed E-state index contributed by atoms with van der Waals surface area (Å²) >= 11 is 6.57. The molecule has 1 fully saturated rings. The first-order valence-corrected chi connectivity index (χ1v) is 11.6. The van der Waals surface area contributed by atoms with Crippen molar-refractivity contribution in [3.8, 4) is 23.0 Å². The van der Waals surface area contributed by atoms with Gasteiger partial charge in [-0.25, -0.2) is 4.98 Å². The Kier molecular flexibility index (Phi) is 5.31. The lowest BCUT2D eigenvalue weighted by Crippen LogP contribution is -2.36. The Hall–Kier alpha value is -3.62. The fourth-order valence-electron chi connectivity index (χ4n) is 4.38. The number of nitrogens with one attached hydrogen (secondary N) is 2. The van der Waals surface area contributed by atoms with Gasteiger partial charge in [-0.05, 0) is 48.4 Å². The van der Waals surface area contributed by atoms with Crippen molar-refractivity contribution in [1.82, 2.24) is 20.3 Å². The lowest BCUT2D eigenvalue weighted by atomic mass is 10.0. The third-order valence-corrected chi connectivity index (χ3v) is 6.43. The smallest absolute Gasteiger partial charge is 0.301 e. The van der Waals surface area contributed by atoms with Crippen LogP contribution in [0.1, 0.15) is 15.9 Å². The van der Waals surface area contributed by atoms with Crippen LogP contribution < -0.4 is 15.0 Å². The summed E-state index contributed by atoms with van der Waals surface area (Å²) in [6.07, 6.45) is 0.767. The minimum absolute atomic E-state index is 0.0547. The highest BCUT2D eigenvalue weighted by molar-refractivity contribution is 6.33. The van der Waals surface area contributed by atoms with Gasteiger partial charge in [0, 0.05) is 36.4 Å². The second kappa shape index (κ2) is 8.62. The first kappa shape index (κ1) is 20.9. The largest absolute Gasteiger partial charge is 0.426 e. The van der Waals surface area contributed by atoms with E-state index in [9.17, 15) is 4.79 Å². The molecule has 1 saturated heterocycles. The molecule has 0 atom stereocenters. The summed E-state index contributed by atoms with van der Waals surface area (Å²) < 4.78 is 11.4. The maximum Gasteiger partial charge on any atom is 0.301 e. The van der Waals surface area contributed by atoms with Gasteiger partial charge in [0.25, 0.3) is 5.91 Å². The number of aromatic amines is 1. The molecule has 2 N–H and O–H groups in total. The average Bonchev–Trinajstić information content (AvgIpc) is 3.25. The van der Waals surface area contributed by atoms with E-state index in [2.05, 4.69) is 37.3 Å². The molecule has 2 aliphatic heterocycles. The van der Waals surface area contributed by atoms with Gasteiger partial charge in [0.05, 0.1) is 29.4 Å². The number of nitrogens with zero attached hydrogens (tertiary/aromatic N) is 3. The molecular formula is C25H22ClN5O3. The molecule has 0 saturated carbocycles. The van der Waals surface area contributed by atoms with Gasteiger partial charge in [0.2, 0.25) is 0 Å². The number of hydrogen-bond acceptors (Lipinski definition) is 6. The van der Waals surface area contributed by atoms with Gasteiger partial charge in [-0.2, -0.15) is 4.98 Å². The molecule has 4 heterocycles. The topological polar surface area (TPSA) is 92.4 Å². The summed E-state index contributed by atoms with van der Waals surface area (Å²) in [5.41, 5.74) is 5.59. The minimum Gasteiger partial charge on any atom is -0.426 e. The first-order valence-electron chi connectivity index (χ1n) is 11.2. The third-order valence-electron chi connectivity index (χ3n) is 6.14. The highest BCUT2D eigenvalue weighted by Crippen LogP contribution is 2.32. The normalized spacial score (nSPS) is 15.8. The fraction of sp³-hybridized carbons (Fsp3) is 0.240. The van der Waals surface area contributed by atoms with Crippen LogP contribution >= 0.6 is 11.6 Å². The van der Waals surface area contributed by atoms with E-state index in [1.807, 2.05) is 24.3 Å². The van der Waals surface area contributed by atoms with Gasteiger partial charge in [0.1, 0.15) is 5.75 Å². The number of H-pyrrole nitrogens is 1. The summed E-state index contributed by atoms with van der Waals surface area (Å²) in [4.78, 5) is 26.6. The zero-order valence-electron chi connectivity index (χ0n) is 18.3. The molecule has 0 spiro atoms. The molecule has 4 aromatic rings. The van der Waals surface area contributed by atoms with Crippen molar-refractivity contribution >= 4 is 34.4 Å². The van der Waals surface area contributed by atoms with E-state index in [4.69, 9.17) is 21.1 Å². The number of benzene rings is 2. The molecule has 2 aromatic heterocycles. The van der Waals surface area contributed by atoms with Crippen molar-refractivity contribution in [2.45, 2.75) is 6.42 Å². The Morgan fingerprint density at radius 2 is 1.85 bits per heavy atom. The van der Waals surface area contributed by atoms with Crippen LogP contribution in [0.5, 0.6) is 11.8 Å². The van der Waals surface area contributed by atoms with Gasteiger partial charge in [-0.15, -0.1) is 0 Å². The standard InChI is InChI=1S/C25H22ClN5O3/c26-20-14-21-23(29-22(20)15-1-3-17(4-2-15)31-9-11-33-12-10-31)30-25(28-21)34-18-5-6-19-16(13-18)7-8-27-24(19)32/h1-6,13-14H,7-12H2,(H,27,32)(H,28,29,30). The van der Waals surface area contributed by atoms with Crippen molar-refractivity contribution in [3.05, 3.63) is 64.7 Å². The van der Waals surface area contributed by atoms with E-state index in [0.717, 1.165) is 49.5 Å². The lowest BCUT2D eigenvalue weighted by Gasteiger charge is -2.28. The van der Waals surface area contributed by atoms with Gasteiger partial charge in [-0.1, -0.05) is 23.7 Å². The van der Waals surface area contributed by atoms with Crippen molar-refractivity contribution in [2.24, 2.45) is 0 Å². The summed E-state index contributed by atoms with van der Waals surface area (Å²) in [5, 5.41) is 3.37. The SMILES string of the molecule is O=C1NCCc2cc(Oc3nc4nc(-c5ccc(N6CCOCC6)cc5)c(Cl)cc4[nH]3)ccc21. The zero-order chi connectivity index (χ0) is 23.1. The molecular weight excluding hydrogens is 454 g/mol. The second-order valence-electron chi connectivity index (χ2n) is 8.31. The molecule has 9 heteroatoms. The number of pyridine rings is 1. The van der Waals surface area contributed by atoms with Crippen molar-refractivity contribution < 1.29 is 14.3 Å². The summed E-state index contributed by atoms with van der Waals surface area (Å²) in [6.45, 7) is 3.89. The highest BCUT2D eigenvalue weighted by Gasteiger charge is 2.18. The van der Waals surface area contributed by atoms with Crippen LogP contribution in [-0.2, 0) is 11.2 Å². The molecule has 2 aromatic carbocycles. The van der Waals surface area contributed by atoms with Gasteiger partial charge in [0.15, 0.2) is 5.65 Å². The molecule has 0 radical (unpaired) electrons. The Morgan fingerprint density at radius 3 is 2.68 bits per heavy atom. The van der Waals surface area contributed by atoms with Gasteiger partial charge >= 0.3 is 6.01 Å². The molecule has 6 rings (SSSR count). The van der Waals surface area contributed by atoms with E-state index in [1.165, 1.54) is 0 Å². The molecule has 1 amide bonds. The Labute approximate surface area is 200 Å². The number of halogens is 1. The number of aromatic nitrogens is 3. The summed E-state index contributed by atoms with van der Waals surface area (Å²) in [5.74, 6) is 0.554. The number of carbonyl (C=O) groups is 1. The molecule has 0 aliphatic carbocycles. The fourth-order valence-corrected chi connectivity index (χ4v) is 4.64. The molecule has 2 aliphatic rings. The van der Waals surface area contributed by atoms with E-state index < -0.39 is 0 Å². The van der Waals surface area contributed by atoms with E-state index in [0.29, 0.717) is 45.7 Å².